The average Bonchev–Trinajstić information content (AvgIpc) is 3.33. The molecule has 0 aliphatic carbocycles. The second-order valence-electron chi connectivity index (χ2n) is 7.87. The highest BCUT2D eigenvalue weighted by Gasteiger charge is 2.42. The fourth-order valence-electron chi connectivity index (χ4n) is 3.69. The number of likely N-dealkylation sites (tertiary alicyclic amines) is 1. The number of guanidine groups is 1. The van der Waals surface area contributed by atoms with Crippen molar-refractivity contribution in [2.24, 2.45) is 10.4 Å². The maximum atomic E-state index is 11.7. The van der Waals surface area contributed by atoms with Gasteiger partial charge in [-0.3, -0.25) is 4.79 Å². The number of ether oxygens (including phenoxy) is 2. The van der Waals surface area contributed by atoms with Crippen molar-refractivity contribution in [3.63, 3.8) is 0 Å². The summed E-state index contributed by atoms with van der Waals surface area (Å²) in [6.45, 7) is 7.32. The van der Waals surface area contributed by atoms with Crippen LogP contribution in [0, 0.1) is 5.41 Å². The number of halogens is 1. The van der Waals surface area contributed by atoms with E-state index in [1.165, 1.54) is 11.3 Å². The third-order valence-corrected chi connectivity index (χ3v) is 5.43. The molecule has 1 amide bonds. The van der Waals surface area contributed by atoms with Crippen LogP contribution in [0.2, 0.25) is 0 Å². The molecule has 2 aliphatic rings. The fraction of sp³-hybridized carbons (Fsp3) is 0.619. The molecule has 2 heterocycles. The van der Waals surface area contributed by atoms with Crippen molar-refractivity contribution in [1.29, 1.82) is 0 Å². The molecule has 1 N–H and O–H groups in total. The molecular weight excluding hydrogens is 483 g/mol. The van der Waals surface area contributed by atoms with Gasteiger partial charge in [0.2, 0.25) is 0 Å². The minimum absolute atomic E-state index is 0. The number of carbonyl (C=O) groups is 1. The van der Waals surface area contributed by atoms with Crippen LogP contribution in [0.15, 0.2) is 29.3 Å². The molecule has 0 radical (unpaired) electrons. The van der Waals surface area contributed by atoms with Crippen LogP contribution in [-0.4, -0.2) is 75.2 Å². The molecule has 1 aromatic rings. The van der Waals surface area contributed by atoms with Crippen molar-refractivity contribution < 1.29 is 14.3 Å². The Kier molecular flexibility index (Phi) is 9.01. The minimum atomic E-state index is -0.0586. The molecule has 0 bridgehead atoms. The number of aliphatic imine (C=N–C) groups is 1. The molecular formula is C21H33IN4O3. The summed E-state index contributed by atoms with van der Waals surface area (Å²) >= 11 is 0. The van der Waals surface area contributed by atoms with Gasteiger partial charge in [-0.1, -0.05) is 12.1 Å². The minimum Gasteiger partial charge on any atom is -0.484 e. The summed E-state index contributed by atoms with van der Waals surface area (Å²) in [5, 5.41) is 3.42. The van der Waals surface area contributed by atoms with Crippen LogP contribution >= 0.6 is 24.0 Å². The van der Waals surface area contributed by atoms with E-state index in [0.717, 1.165) is 50.8 Å². The summed E-state index contributed by atoms with van der Waals surface area (Å²) in [4.78, 5) is 20.4. The Morgan fingerprint density at radius 2 is 2.21 bits per heavy atom. The van der Waals surface area contributed by atoms with Crippen LogP contribution in [0.1, 0.15) is 25.3 Å². The number of amides is 1. The lowest BCUT2D eigenvalue weighted by Gasteiger charge is -2.25. The number of likely N-dealkylation sites (N-methyl/N-ethyl adjacent to an activating group) is 1. The summed E-state index contributed by atoms with van der Waals surface area (Å²) in [6, 6.07) is 7.79. The van der Waals surface area contributed by atoms with Crippen LogP contribution in [0.5, 0.6) is 5.75 Å². The maximum absolute atomic E-state index is 11.7. The third kappa shape index (κ3) is 6.47. The van der Waals surface area contributed by atoms with Gasteiger partial charge in [0.05, 0.1) is 13.2 Å². The first kappa shape index (κ1) is 23.7. The highest BCUT2D eigenvalue weighted by atomic mass is 127. The molecule has 7 nitrogen and oxygen atoms in total. The molecule has 1 atom stereocenters. The predicted octanol–water partition coefficient (Wildman–Crippen LogP) is 2.35. The zero-order valence-corrected chi connectivity index (χ0v) is 20.0. The number of nitrogens with one attached hydrogen (secondary N) is 1. The molecule has 29 heavy (non-hydrogen) atoms. The number of hydrogen-bond donors (Lipinski definition) is 1. The van der Waals surface area contributed by atoms with Crippen molar-refractivity contribution in [3.05, 3.63) is 29.8 Å². The van der Waals surface area contributed by atoms with Gasteiger partial charge in [0, 0.05) is 45.8 Å². The van der Waals surface area contributed by atoms with E-state index in [2.05, 4.69) is 17.1 Å². The average molecular weight is 516 g/mol. The van der Waals surface area contributed by atoms with Gasteiger partial charge < -0.3 is 24.6 Å². The lowest BCUT2D eigenvalue weighted by atomic mass is 9.87. The van der Waals surface area contributed by atoms with Crippen LogP contribution in [-0.2, 0) is 16.1 Å². The molecule has 1 unspecified atom stereocenters. The van der Waals surface area contributed by atoms with E-state index < -0.39 is 0 Å². The zero-order valence-electron chi connectivity index (χ0n) is 17.6. The first-order valence-corrected chi connectivity index (χ1v) is 10.0. The molecule has 3 rings (SSSR count). The number of rotatable bonds is 6. The van der Waals surface area contributed by atoms with Gasteiger partial charge in [-0.15, -0.1) is 24.0 Å². The van der Waals surface area contributed by atoms with Gasteiger partial charge in [-0.25, -0.2) is 4.99 Å². The monoisotopic (exact) mass is 516 g/mol. The van der Waals surface area contributed by atoms with Crippen molar-refractivity contribution in [3.8, 4) is 5.75 Å². The smallest absolute Gasteiger partial charge is 0.259 e. The zero-order chi connectivity index (χ0) is 20.0. The van der Waals surface area contributed by atoms with Gasteiger partial charge >= 0.3 is 0 Å². The van der Waals surface area contributed by atoms with E-state index in [4.69, 9.17) is 14.5 Å². The quantitative estimate of drug-likeness (QED) is 0.358. The van der Waals surface area contributed by atoms with Crippen molar-refractivity contribution in [2.75, 3.05) is 53.6 Å². The van der Waals surface area contributed by atoms with E-state index >= 15 is 0 Å². The summed E-state index contributed by atoms with van der Waals surface area (Å²) < 4.78 is 11.2. The van der Waals surface area contributed by atoms with Gasteiger partial charge in [0.1, 0.15) is 5.75 Å². The predicted molar refractivity (Wildman–Crippen MR) is 125 cm³/mol. The number of carbonyl (C=O) groups excluding carboxylic acids is 1. The summed E-state index contributed by atoms with van der Waals surface area (Å²) in [7, 11) is 3.44. The first-order valence-electron chi connectivity index (χ1n) is 10.0. The molecule has 1 spiro atoms. The Hall–Kier alpha value is -1.55. The van der Waals surface area contributed by atoms with Gasteiger partial charge in [0.15, 0.2) is 12.6 Å². The van der Waals surface area contributed by atoms with Gasteiger partial charge in [0.25, 0.3) is 5.91 Å². The Balaban J connectivity index is 0.00000300. The Labute approximate surface area is 190 Å². The van der Waals surface area contributed by atoms with Crippen LogP contribution in [0.3, 0.4) is 0 Å². The standard InChI is InChI=1S/C21H32N4O3.HI/c1-4-22-20(25-10-8-21(15-25)9-11-27-16-21)23-13-17-6-5-7-18(12-17)28-14-19(26)24(2)3;/h5-7,12H,4,8-11,13-16H2,1-3H3,(H,22,23);1H. The first-order chi connectivity index (χ1) is 13.5. The van der Waals surface area contributed by atoms with Crippen molar-refractivity contribution in [2.45, 2.75) is 26.3 Å². The SMILES string of the molecule is CCNC(=NCc1cccc(OCC(=O)N(C)C)c1)N1CCC2(CCOC2)C1.I. The number of nitrogens with zero attached hydrogens (tertiary/aromatic N) is 3. The second-order valence-corrected chi connectivity index (χ2v) is 7.87. The Morgan fingerprint density at radius 1 is 1.38 bits per heavy atom. The maximum Gasteiger partial charge on any atom is 0.259 e. The Morgan fingerprint density at radius 3 is 2.90 bits per heavy atom. The lowest BCUT2D eigenvalue weighted by Crippen LogP contribution is -2.41. The largest absolute Gasteiger partial charge is 0.484 e. The van der Waals surface area contributed by atoms with Gasteiger partial charge in [-0.2, -0.15) is 0 Å². The molecule has 2 saturated heterocycles. The van der Waals surface area contributed by atoms with E-state index in [-0.39, 0.29) is 36.5 Å². The molecule has 0 saturated carbocycles. The summed E-state index contributed by atoms with van der Waals surface area (Å²) in [5.41, 5.74) is 1.37. The summed E-state index contributed by atoms with van der Waals surface area (Å²) in [5.74, 6) is 1.59. The van der Waals surface area contributed by atoms with Crippen LogP contribution in [0.4, 0.5) is 0 Å². The fourth-order valence-corrected chi connectivity index (χ4v) is 3.69. The highest BCUT2D eigenvalue weighted by molar-refractivity contribution is 14.0. The normalized spacial score (nSPS) is 21.2. The summed E-state index contributed by atoms with van der Waals surface area (Å²) in [6.07, 6.45) is 2.31. The number of benzene rings is 1. The number of hydrogen-bond acceptors (Lipinski definition) is 4. The molecule has 2 fully saturated rings. The van der Waals surface area contributed by atoms with E-state index in [0.29, 0.717) is 17.7 Å². The molecule has 8 heteroatoms. The molecule has 162 valence electrons. The van der Waals surface area contributed by atoms with Crippen LogP contribution < -0.4 is 10.1 Å². The molecule has 2 aliphatic heterocycles. The van der Waals surface area contributed by atoms with Crippen molar-refractivity contribution in [1.82, 2.24) is 15.1 Å². The van der Waals surface area contributed by atoms with Gasteiger partial charge in [-0.05, 0) is 37.5 Å². The lowest BCUT2D eigenvalue weighted by molar-refractivity contribution is -0.130. The third-order valence-electron chi connectivity index (χ3n) is 5.43. The topological polar surface area (TPSA) is 66.4 Å². The Bertz CT molecular complexity index is 705. The molecule has 1 aromatic carbocycles. The molecule has 0 aromatic heterocycles. The van der Waals surface area contributed by atoms with E-state index in [9.17, 15) is 4.79 Å². The van der Waals surface area contributed by atoms with Crippen LogP contribution in [0.25, 0.3) is 0 Å². The van der Waals surface area contributed by atoms with Crippen molar-refractivity contribution >= 4 is 35.8 Å². The second kappa shape index (κ2) is 11.0. The van der Waals surface area contributed by atoms with E-state index in [1.54, 1.807) is 14.1 Å². The van der Waals surface area contributed by atoms with E-state index in [1.807, 2.05) is 24.3 Å². The highest BCUT2D eigenvalue weighted by Crippen LogP contribution is 2.38.